The van der Waals surface area contributed by atoms with Crippen LogP contribution < -0.4 is 16.6 Å². The van der Waals surface area contributed by atoms with E-state index in [0.29, 0.717) is 10.8 Å². The highest BCUT2D eigenvalue weighted by Crippen LogP contribution is 2.69. The molecule has 0 bridgehead atoms. The summed E-state index contributed by atoms with van der Waals surface area (Å²) in [7, 11) is 0. The first kappa shape index (κ1) is 46.7. The van der Waals surface area contributed by atoms with Gasteiger partial charge in [-0.1, -0.05) is 135 Å². The van der Waals surface area contributed by atoms with Gasteiger partial charge in [0, 0.05) is 6.54 Å². The van der Waals surface area contributed by atoms with Crippen LogP contribution in [0.5, 0.6) is 0 Å². The zero-order valence-electron chi connectivity index (χ0n) is 33.8. The van der Waals surface area contributed by atoms with Gasteiger partial charge in [0.1, 0.15) is 0 Å². The second-order valence-corrected chi connectivity index (χ2v) is 15.3. The largest absolute Gasteiger partial charge is 0.317 e. The summed E-state index contributed by atoms with van der Waals surface area (Å²) < 4.78 is 0. The Labute approximate surface area is 286 Å². The summed E-state index contributed by atoms with van der Waals surface area (Å²) >= 11 is 0. The average molecular weight is 636 g/mol. The smallest absolute Gasteiger partial charge is 0.0109 e. The Bertz CT molecular complexity index is 671. The topological polar surface area (TPSA) is 50.1 Å². The van der Waals surface area contributed by atoms with E-state index in [-0.39, 0.29) is 0 Å². The van der Waals surface area contributed by atoms with Crippen molar-refractivity contribution in [2.75, 3.05) is 19.6 Å². The van der Waals surface area contributed by atoms with Crippen molar-refractivity contribution in [2.45, 2.75) is 180 Å². The van der Waals surface area contributed by atoms with Crippen LogP contribution in [0.25, 0.3) is 0 Å². The van der Waals surface area contributed by atoms with E-state index < -0.39 is 0 Å². The number of fused-ring (bicyclic) bond motifs is 5. The number of hydrazine groups is 1. The first-order chi connectivity index (χ1) is 21.5. The lowest BCUT2D eigenvalue weighted by molar-refractivity contribution is -0.134. The minimum absolute atomic E-state index is 0.678. The van der Waals surface area contributed by atoms with Crippen LogP contribution in [0.3, 0.4) is 0 Å². The normalized spacial score (nSPS) is 34.1. The van der Waals surface area contributed by atoms with Crippen LogP contribution in [0.4, 0.5) is 0 Å². The van der Waals surface area contributed by atoms with Crippen molar-refractivity contribution < 1.29 is 0 Å². The van der Waals surface area contributed by atoms with Crippen molar-refractivity contribution in [1.82, 2.24) is 10.7 Å². The lowest BCUT2D eigenvalue weighted by Crippen LogP contribution is -2.55. The number of nitrogens with two attached hydrogens (primary N) is 1. The van der Waals surface area contributed by atoms with Crippen LogP contribution in [0.2, 0.25) is 0 Å². The summed E-state index contributed by atoms with van der Waals surface area (Å²) in [5, 5.41) is 3.19. The zero-order chi connectivity index (χ0) is 35.1. The minimum Gasteiger partial charge on any atom is -0.317 e. The molecule has 0 amide bonds. The van der Waals surface area contributed by atoms with E-state index in [1.165, 1.54) is 51.4 Å². The third-order valence-corrected chi connectivity index (χ3v) is 12.1. The van der Waals surface area contributed by atoms with Crippen LogP contribution in [0, 0.1) is 58.2 Å². The van der Waals surface area contributed by atoms with E-state index in [2.05, 4.69) is 79.6 Å². The minimum atomic E-state index is 0.678. The van der Waals surface area contributed by atoms with Crippen molar-refractivity contribution in [3.8, 4) is 0 Å². The van der Waals surface area contributed by atoms with Crippen molar-refractivity contribution in [3.63, 3.8) is 0 Å². The predicted molar refractivity (Wildman–Crippen MR) is 207 cm³/mol. The summed E-state index contributed by atoms with van der Waals surface area (Å²) in [5.41, 5.74) is 3.95. The molecule has 4 rings (SSSR count). The number of hydrogen-bond acceptors (Lipinski definition) is 3. The molecule has 45 heavy (non-hydrogen) atoms. The maximum absolute atomic E-state index is 5.03. The monoisotopic (exact) mass is 636 g/mol. The molecule has 0 aromatic heterocycles. The molecule has 0 aliphatic heterocycles. The number of nitrogens with one attached hydrogen (secondary N) is 2. The summed E-state index contributed by atoms with van der Waals surface area (Å²) in [6.45, 7) is 38.2. The second-order valence-electron chi connectivity index (χ2n) is 15.3. The molecule has 9 atom stereocenters. The van der Waals surface area contributed by atoms with E-state index in [1.807, 2.05) is 34.6 Å². The van der Waals surface area contributed by atoms with E-state index in [9.17, 15) is 0 Å². The van der Waals surface area contributed by atoms with Gasteiger partial charge in [0.25, 0.3) is 0 Å². The Morgan fingerprint density at radius 2 is 1.33 bits per heavy atom. The molecule has 0 radical (unpaired) electrons. The Morgan fingerprint density at radius 3 is 1.80 bits per heavy atom. The maximum atomic E-state index is 5.03. The molecule has 0 saturated heterocycles. The van der Waals surface area contributed by atoms with E-state index in [4.69, 9.17) is 5.84 Å². The third kappa shape index (κ3) is 14.3. The van der Waals surface area contributed by atoms with E-state index in [1.54, 1.807) is 31.8 Å². The van der Waals surface area contributed by atoms with Gasteiger partial charge in [0.15, 0.2) is 0 Å². The molecule has 9 unspecified atom stereocenters. The molecular weight excluding hydrogens is 546 g/mol. The van der Waals surface area contributed by atoms with Gasteiger partial charge in [-0.05, 0) is 123 Å². The Morgan fingerprint density at radius 1 is 0.800 bits per heavy atom. The maximum Gasteiger partial charge on any atom is 0.0109 e. The summed E-state index contributed by atoms with van der Waals surface area (Å²) in [4.78, 5) is 0. The van der Waals surface area contributed by atoms with E-state index in [0.717, 1.165) is 73.4 Å². The number of rotatable bonds is 9. The van der Waals surface area contributed by atoms with Crippen LogP contribution >= 0.6 is 0 Å². The molecule has 0 aromatic carbocycles. The van der Waals surface area contributed by atoms with Crippen LogP contribution in [-0.4, -0.2) is 19.6 Å². The molecule has 3 nitrogen and oxygen atoms in total. The first-order valence-corrected chi connectivity index (χ1v) is 20.2. The third-order valence-electron chi connectivity index (χ3n) is 12.1. The fourth-order valence-corrected chi connectivity index (χ4v) is 10.3. The highest BCUT2D eigenvalue weighted by molar-refractivity contribution is 5.10. The highest BCUT2D eigenvalue weighted by Gasteiger charge is 2.62. The van der Waals surface area contributed by atoms with Gasteiger partial charge in [-0.2, -0.15) is 0 Å². The molecule has 3 heteroatoms. The Kier molecular flexibility index (Phi) is 27.6. The van der Waals surface area contributed by atoms with Crippen LogP contribution in [0.15, 0.2) is 12.7 Å². The van der Waals surface area contributed by atoms with E-state index >= 15 is 0 Å². The Hall–Kier alpha value is -0.380. The van der Waals surface area contributed by atoms with Crippen molar-refractivity contribution in [1.29, 1.82) is 0 Å². The molecular formula is C42H89N3. The van der Waals surface area contributed by atoms with Crippen LogP contribution in [0.1, 0.15) is 180 Å². The van der Waals surface area contributed by atoms with Crippen molar-refractivity contribution in [3.05, 3.63) is 12.7 Å². The summed E-state index contributed by atoms with van der Waals surface area (Å²) in [5.74, 6) is 13.1. The lowest BCUT2D eigenvalue weighted by Gasteiger charge is -2.62. The first-order valence-electron chi connectivity index (χ1n) is 20.2. The molecule has 4 saturated carbocycles. The molecule has 4 N–H and O–H groups in total. The van der Waals surface area contributed by atoms with Crippen LogP contribution in [-0.2, 0) is 0 Å². The summed E-state index contributed by atoms with van der Waals surface area (Å²) in [6, 6.07) is 0. The number of allylic oxidation sites excluding steroid dienone is 1. The van der Waals surface area contributed by atoms with Crippen molar-refractivity contribution in [2.24, 2.45) is 64.0 Å². The molecule has 4 aliphatic rings. The second kappa shape index (κ2) is 26.6. The van der Waals surface area contributed by atoms with Gasteiger partial charge in [-0.25, -0.2) is 0 Å². The van der Waals surface area contributed by atoms with Gasteiger partial charge >= 0.3 is 0 Å². The molecule has 4 fully saturated rings. The van der Waals surface area contributed by atoms with Gasteiger partial charge in [0.2, 0.25) is 0 Å². The Balaban J connectivity index is 0. The average Bonchev–Trinajstić information content (AvgIpc) is 3.30. The highest BCUT2D eigenvalue weighted by atomic mass is 15.2. The fourth-order valence-electron chi connectivity index (χ4n) is 10.3. The number of hydrogen-bond donors (Lipinski definition) is 3. The van der Waals surface area contributed by atoms with Gasteiger partial charge in [0.05, 0.1) is 0 Å². The van der Waals surface area contributed by atoms with Gasteiger partial charge in [-0.3, -0.25) is 11.3 Å². The molecule has 0 spiro atoms. The zero-order valence-corrected chi connectivity index (χ0v) is 33.8. The molecule has 272 valence electrons. The lowest BCUT2D eigenvalue weighted by atomic mass is 9.42. The van der Waals surface area contributed by atoms with Gasteiger partial charge < -0.3 is 5.32 Å². The molecule has 0 aromatic rings. The quantitative estimate of drug-likeness (QED) is 0.102. The molecule has 4 aliphatic carbocycles. The number of unbranched alkanes of at least 4 members (excludes halogenated alkanes) is 1. The fraction of sp³-hybridized carbons (Fsp3) is 0.952. The summed E-state index contributed by atoms with van der Waals surface area (Å²) in [6.07, 6.45) is 20.7. The predicted octanol–water partition coefficient (Wildman–Crippen LogP) is 12.5. The van der Waals surface area contributed by atoms with Gasteiger partial charge in [-0.15, -0.1) is 6.58 Å². The SMILES string of the molecule is C=CC.CC.CC.CCC1C(C)CC2(C)C1CCC1C2CCC2C(C)CCCC21C.CCCCC(C)C.CCNCCCNN. The van der Waals surface area contributed by atoms with Crippen molar-refractivity contribution >= 4 is 0 Å². The molecule has 0 heterocycles. The standard InChI is InChI=1S/C23H40.C7H16.C5H15N3.C3H6.2C2H6/c1-6-17-16(3)14-23(5)19(17)10-12-20-21(23)11-9-18-15(2)8-7-13-22(18,20)4;1-4-5-6-7(2)3;1-2-7-4-3-5-8-6;1-3-2;2*1-2/h15-21H,6-14H2,1-5H3;7H,4-6H2,1-3H3;7-8H,2-6H2,1H3;3H,1H2,2H3;2*1-2H3.